The second kappa shape index (κ2) is 9.97. The number of aromatic nitrogens is 2. The van der Waals surface area contributed by atoms with Gasteiger partial charge in [-0.1, -0.05) is 48.9 Å². The van der Waals surface area contributed by atoms with Gasteiger partial charge in [-0.05, 0) is 43.2 Å². The highest BCUT2D eigenvalue weighted by molar-refractivity contribution is 6.31. The number of esters is 1. The molecule has 1 amide bonds. The molecule has 1 aromatic heterocycles. The van der Waals surface area contributed by atoms with E-state index in [2.05, 4.69) is 15.3 Å². The maximum Gasteiger partial charge on any atom is 0.339 e. The summed E-state index contributed by atoms with van der Waals surface area (Å²) in [5.41, 5.74) is 3.79. The van der Waals surface area contributed by atoms with Crippen LogP contribution in [0.4, 0.5) is 5.69 Å². The molecule has 4 aromatic rings. The van der Waals surface area contributed by atoms with Crippen LogP contribution >= 0.6 is 11.6 Å². The van der Waals surface area contributed by atoms with E-state index in [1.54, 1.807) is 37.3 Å². The van der Waals surface area contributed by atoms with E-state index in [-0.39, 0.29) is 0 Å². The molecule has 0 fully saturated rings. The molecule has 0 aliphatic heterocycles. The van der Waals surface area contributed by atoms with Crippen LogP contribution in [-0.4, -0.2) is 35.1 Å². The summed E-state index contributed by atoms with van der Waals surface area (Å²) in [6, 6.07) is 18.0. The summed E-state index contributed by atoms with van der Waals surface area (Å²) in [4.78, 5) is 33.9. The number of carbonyl (C=O) groups is 2. The van der Waals surface area contributed by atoms with Crippen LogP contribution in [0.3, 0.4) is 0 Å². The third-order valence-corrected chi connectivity index (χ3v) is 5.85. The van der Waals surface area contributed by atoms with Crippen molar-refractivity contribution in [2.45, 2.75) is 26.4 Å². The lowest BCUT2D eigenvalue weighted by atomic mass is 10.1. The molecular formula is C26H24ClN3O4. The molecule has 4 rings (SSSR count). The Hall–Kier alpha value is -3.84. The van der Waals surface area contributed by atoms with Crippen molar-refractivity contribution in [3.63, 3.8) is 0 Å². The summed E-state index contributed by atoms with van der Waals surface area (Å²) in [6.45, 7) is 3.59. The number of amides is 1. The van der Waals surface area contributed by atoms with Gasteiger partial charge in [0.1, 0.15) is 11.6 Å². The first-order valence-corrected chi connectivity index (χ1v) is 11.2. The fraction of sp³-hybridized carbons (Fsp3) is 0.192. The van der Waals surface area contributed by atoms with E-state index in [9.17, 15) is 9.59 Å². The maximum absolute atomic E-state index is 13.1. The van der Waals surface area contributed by atoms with Crippen LogP contribution in [0.5, 0.6) is 5.75 Å². The summed E-state index contributed by atoms with van der Waals surface area (Å²) >= 11 is 6.15. The van der Waals surface area contributed by atoms with Crippen LogP contribution in [0.15, 0.2) is 60.7 Å². The summed E-state index contributed by atoms with van der Waals surface area (Å²) in [5.74, 6) is -0.109. The number of imidazole rings is 1. The molecule has 34 heavy (non-hydrogen) atoms. The molecule has 0 saturated heterocycles. The molecule has 1 unspecified atom stereocenters. The average molecular weight is 478 g/mol. The zero-order chi connectivity index (χ0) is 24.2. The van der Waals surface area contributed by atoms with Gasteiger partial charge in [0.25, 0.3) is 5.91 Å². The first kappa shape index (κ1) is 23.3. The highest BCUT2D eigenvalue weighted by Crippen LogP contribution is 2.31. The standard InChI is InChI=1S/C26H24ClN3O4/c1-4-22(25(31)30-21-13-15(2)18(27)14-23(21)33-3)34-26(32)17-10-6-5-9-16(17)24-28-19-11-7-8-12-20(19)29-24/h5-14,22H,4H2,1-3H3,(H,28,29)(H,30,31). The average Bonchev–Trinajstić information content (AvgIpc) is 3.28. The van der Waals surface area contributed by atoms with Gasteiger partial charge < -0.3 is 19.8 Å². The first-order valence-electron chi connectivity index (χ1n) is 10.8. The number of benzene rings is 3. The second-order valence-corrected chi connectivity index (χ2v) is 8.15. The molecule has 8 heteroatoms. The van der Waals surface area contributed by atoms with E-state index in [0.29, 0.717) is 39.8 Å². The Morgan fingerprint density at radius 2 is 1.85 bits per heavy atom. The monoisotopic (exact) mass is 477 g/mol. The molecule has 0 bridgehead atoms. The molecule has 174 valence electrons. The van der Waals surface area contributed by atoms with E-state index in [0.717, 1.165) is 16.6 Å². The van der Waals surface area contributed by atoms with Gasteiger partial charge in [-0.15, -0.1) is 0 Å². The minimum absolute atomic E-state index is 0.291. The van der Waals surface area contributed by atoms with E-state index in [1.807, 2.05) is 37.3 Å². The highest BCUT2D eigenvalue weighted by Gasteiger charge is 2.25. The SMILES string of the molecule is CCC(OC(=O)c1ccccc1-c1nc2ccccc2[nH]1)C(=O)Nc1cc(C)c(Cl)cc1OC. The number of rotatable bonds is 7. The molecule has 0 aliphatic carbocycles. The number of halogens is 1. The number of para-hydroxylation sites is 2. The summed E-state index contributed by atoms with van der Waals surface area (Å²) < 4.78 is 10.9. The van der Waals surface area contributed by atoms with Gasteiger partial charge in [-0.25, -0.2) is 9.78 Å². The van der Waals surface area contributed by atoms with Crippen molar-refractivity contribution in [1.29, 1.82) is 0 Å². The normalized spacial score (nSPS) is 11.8. The Morgan fingerprint density at radius 1 is 1.12 bits per heavy atom. The predicted molar refractivity (Wildman–Crippen MR) is 132 cm³/mol. The fourth-order valence-electron chi connectivity index (χ4n) is 3.61. The number of ether oxygens (including phenoxy) is 2. The van der Waals surface area contributed by atoms with Crippen molar-refractivity contribution in [1.82, 2.24) is 9.97 Å². The number of anilines is 1. The van der Waals surface area contributed by atoms with Gasteiger partial charge in [0.05, 0.1) is 29.4 Å². The number of nitrogens with zero attached hydrogens (tertiary/aromatic N) is 1. The Balaban J connectivity index is 1.56. The Morgan fingerprint density at radius 3 is 2.59 bits per heavy atom. The van der Waals surface area contributed by atoms with Crippen LogP contribution in [-0.2, 0) is 9.53 Å². The van der Waals surface area contributed by atoms with Crippen molar-refractivity contribution < 1.29 is 19.1 Å². The molecule has 1 heterocycles. The van der Waals surface area contributed by atoms with Gasteiger partial charge in [-0.2, -0.15) is 0 Å². The molecule has 3 aromatic carbocycles. The lowest BCUT2D eigenvalue weighted by Crippen LogP contribution is -2.32. The topological polar surface area (TPSA) is 93.3 Å². The smallest absolute Gasteiger partial charge is 0.339 e. The number of nitrogens with one attached hydrogen (secondary N) is 2. The van der Waals surface area contributed by atoms with Gasteiger partial charge >= 0.3 is 5.97 Å². The summed E-state index contributed by atoms with van der Waals surface area (Å²) in [5, 5.41) is 3.31. The number of aryl methyl sites for hydroxylation is 1. The van der Waals surface area contributed by atoms with E-state index in [1.165, 1.54) is 7.11 Å². The number of aromatic amines is 1. The quantitative estimate of drug-likeness (QED) is 0.329. The van der Waals surface area contributed by atoms with Gasteiger partial charge in [0.2, 0.25) is 0 Å². The first-order chi connectivity index (χ1) is 16.4. The zero-order valence-corrected chi connectivity index (χ0v) is 19.8. The van der Waals surface area contributed by atoms with Crippen LogP contribution in [0.2, 0.25) is 5.02 Å². The highest BCUT2D eigenvalue weighted by atomic mass is 35.5. The molecule has 1 atom stereocenters. The number of fused-ring (bicyclic) bond motifs is 1. The van der Waals surface area contributed by atoms with E-state index in [4.69, 9.17) is 21.1 Å². The maximum atomic E-state index is 13.1. The Kier molecular flexibility index (Phi) is 6.84. The largest absolute Gasteiger partial charge is 0.495 e. The number of H-pyrrole nitrogens is 1. The molecule has 7 nitrogen and oxygen atoms in total. The van der Waals surface area contributed by atoms with Crippen LogP contribution in [0, 0.1) is 6.92 Å². The van der Waals surface area contributed by atoms with Gasteiger partial charge in [0, 0.05) is 16.7 Å². The minimum Gasteiger partial charge on any atom is -0.495 e. The Labute approximate surface area is 202 Å². The second-order valence-electron chi connectivity index (χ2n) is 7.74. The van der Waals surface area contributed by atoms with Crippen molar-refractivity contribution in [2.75, 3.05) is 12.4 Å². The third kappa shape index (κ3) is 4.75. The van der Waals surface area contributed by atoms with Crippen LogP contribution < -0.4 is 10.1 Å². The number of carbonyl (C=O) groups excluding carboxylic acids is 2. The molecule has 2 N–H and O–H groups in total. The lowest BCUT2D eigenvalue weighted by Gasteiger charge is -2.18. The van der Waals surface area contributed by atoms with Crippen LogP contribution in [0.1, 0.15) is 29.3 Å². The predicted octanol–water partition coefficient (Wildman–Crippen LogP) is 5.77. The molecule has 0 spiro atoms. The van der Waals surface area contributed by atoms with Crippen LogP contribution in [0.25, 0.3) is 22.4 Å². The van der Waals surface area contributed by atoms with Crippen molar-refractivity contribution in [2.24, 2.45) is 0 Å². The fourth-order valence-corrected chi connectivity index (χ4v) is 3.76. The zero-order valence-electron chi connectivity index (χ0n) is 19.0. The summed E-state index contributed by atoms with van der Waals surface area (Å²) in [6.07, 6.45) is -0.712. The van der Waals surface area contributed by atoms with Crippen molar-refractivity contribution in [3.8, 4) is 17.1 Å². The lowest BCUT2D eigenvalue weighted by molar-refractivity contribution is -0.124. The number of hydrogen-bond donors (Lipinski definition) is 2. The van der Waals surface area contributed by atoms with Crippen molar-refractivity contribution >= 4 is 40.2 Å². The molecule has 0 saturated carbocycles. The van der Waals surface area contributed by atoms with E-state index >= 15 is 0 Å². The van der Waals surface area contributed by atoms with Gasteiger partial charge in [0.15, 0.2) is 6.10 Å². The molecule has 0 aliphatic rings. The van der Waals surface area contributed by atoms with Gasteiger partial charge in [-0.3, -0.25) is 4.79 Å². The Bertz CT molecular complexity index is 1330. The summed E-state index contributed by atoms with van der Waals surface area (Å²) in [7, 11) is 1.49. The number of methoxy groups -OCH3 is 1. The molecular weight excluding hydrogens is 454 g/mol. The van der Waals surface area contributed by atoms with E-state index < -0.39 is 18.0 Å². The number of hydrogen-bond acceptors (Lipinski definition) is 5. The van der Waals surface area contributed by atoms with Crippen molar-refractivity contribution in [3.05, 3.63) is 76.8 Å². The molecule has 0 radical (unpaired) electrons. The third-order valence-electron chi connectivity index (χ3n) is 5.44. The minimum atomic E-state index is -1.00.